The van der Waals surface area contributed by atoms with Gasteiger partial charge in [-0.25, -0.2) is 0 Å². The largest absolute Gasteiger partial charge is 0.325 e. The van der Waals surface area contributed by atoms with Crippen molar-refractivity contribution >= 4 is 12.4 Å². The fourth-order valence-corrected chi connectivity index (χ4v) is 3.85. The number of nitrogens with two attached hydrogens (primary N) is 1. The van der Waals surface area contributed by atoms with Crippen molar-refractivity contribution in [3.8, 4) is 0 Å². The maximum absolute atomic E-state index is 6.42. The highest BCUT2D eigenvalue weighted by Gasteiger charge is 2.44. The highest BCUT2D eigenvalue weighted by molar-refractivity contribution is 5.85. The smallest absolute Gasteiger partial charge is 0.0184 e. The van der Waals surface area contributed by atoms with Crippen molar-refractivity contribution in [1.29, 1.82) is 0 Å². The van der Waals surface area contributed by atoms with Gasteiger partial charge in [0.15, 0.2) is 0 Å². The fourth-order valence-electron chi connectivity index (χ4n) is 3.85. The molecule has 1 aliphatic rings. The first kappa shape index (κ1) is 23.2. The lowest BCUT2D eigenvalue weighted by molar-refractivity contribution is 0.335. The summed E-state index contributed by atoms with van der Waals surface area (Å²) in [7, 11) is 0. The fraction of sp³-hybridized carbons (Fsp3) is 1.00. The van der Waals surface area contributed by atoms with Crippen LogP contribution in [0.5, 0.6) is 0 Å². The zero-order valence-corrected chi connectivity index (χ0v) is 16.9. The Labute approximate surface area is 153 Å². The first-order valence-corrected chi connectivity index (χ1v) is 10.5. The average Bonchev–Trinajstić information content (AvgIpc) is 3.26. The second-order valence-electron chi connectivity index (χ2n) is 7.90. The number of unbranched alkanes of at least 4 members (excludes halogenated alkanes) is 11. The monoisotopic (exact) mass is 345 g/mol. The maximum atomic E-state index is 6.42. The number of rotatable bonds is 16. The number of halogens is 1. The minimum Gasteiger partial charge on any atom is -0.325 e. The van der Waals surface area contributed by atoms with Gasteiger partial charge in [-0.05, 0) is 31.6 Å². The molecule has 0 aliphatic heterocycles. The molecule has 0 aromatic rings. The molecule has 0 heterocycles. The molecule has 2 heteroatoms. The van der Waals surface area contributed by atoms with Gasteiger partial charge in [0.2, 0.25) is 0 Å². The molecule has 0 saturated heterocycles. The van der Waals surface area contributed by atoms with E-state index in [-0.39, 0.29) is 17.9 Å². The summed E-state index contributed by atoms with van der Waals surface area (Å²) in [5.41, 5.74) is 6.67. The predicted molar refractivity (Wildman–Crippen MR) is 107 cm³/mol. The standard InChI is InChI=1S/C21H43N.ClH/c1-3-5-6-7-8-9-10-11-12-13-14-15-17-20(16-4-2)21(22)18-19-21;/h20H,3-19,22H2,1-2H3;1H. The maximum Gasteiger partial charge on any atom is 0.0184 e. The Hall–Kier alpha value is 0.250. The third-order valence-corrected chi connectivity index (χ3v) is 5.68. The van der Waals surface area contributed by atoms with Crippen LogP contribution in [0.15, 0.2) is 0 Å². The Kier molecular flexibility index (Phi) is 14.7. The Morgan fingerprint density at radius 3 is 1.48 bits per heavy atom. The molecule has 1 rings (SSSR count). The predicted octanol–water partition coefficient (Wildman–Crippen LogP) is 7.41. The molecule has 140 valence electrons. The minimum atomic E-state index is 0. The lowest BCUT2D eigenvalue weighted by Gasteiger charge is -2.23. The normalized spacial score (nSPS) is 16.8. The van der Waals surface area contributed by atoms with Crippen molar-refractivity contribution in [3.63, 3.8) is 0 Å². The van der Waals surface area contributed by atoms with Gasteiger partial charge in [-0.1, -0.05) is 97.3 Å². The molecule has 1 nitrogen and oxygen atoms in total. The molecule has 1 atom stereocenters. The zero-order chi connectivity index (χ0) is 16.1. The van der Waals surface area contributed by atoms with Crippen LogP contribution in [0.25, 0.3) is 0 Å². The molecule has 0 spiro atoms. The van der Waals surface area contributed by atoms with Crippen molar-refractivity contribution in [2.24, 2.45) is 11.7 Å². The minimum absolute atomic E-state index is 0. The molecule has 0 radical (unpaired) electrons. The number of hydrogen-bond acceptors (Lipinski definition) is 1. The van der Waals surface area contributed by atoms with Gasteiger partial charge in [-0.3, -0.25) is 0 Å². The van der Waals surface area contributed by atoms with E-state index in [2.05, 4.69) is 13.8 Å². The summed E-state index contributed by atoms with van der Waals surface area (Å²) in [5.74, 6) is 0.820. The summed E-state index contributed by atoms with van der Waals surface area (Å²) in [6, 6.07) is 0. The highest BCUT2D eigenvalue weighted by Crippen LogP contribution is 2.44. The van der Waals surface area contributed by atoms with Crippen molar-refractivity contribution in [2.45, 2.75) is 129 Å². The van der Waals surface area contributed by atoms with Gasteiger partial charge >= 0.3 is 0 Å². The molecule has 0 aromatic carbocycles. The van der Waals surface area contributed by atoms with E-state index in [0.717, 1.165) is 5.92 Å². The molecule has 2 N–H and O–H groups in total. The Balaban J connectivity index is 0.00000484. The summed E-state index contributed by atoms with van der Waals surface area (Å²) in [6.07, 6.45) is 24.0. The van der Waals surface area contributed by atoms with Crippen LogP contribution >= 0.6 is 12.4 Å². The summed E-state index contributed by atoms with van der Waals surface area (Å²) >= 11 is 0. The summed E-state index contributed by atoms with van der Waals surface area (Å²) in [5, 5.41) is 0. The summed E-state index contributed by atoms with van der Waals surface area (Å²) in [4.78, 5) is 0. The van der Waals surface area contributed by atoms with Crippen LogP contribution in [-0.4, -0.2) is 5.54 Å². The average molecular weight is 346 g/mol. The Morgan fingerprint density at radius 1 is 0.652 bits per heavy atom. The molecule has 1 unspecified atom stereocenters. The van der Waals surface area contributed by atoms with Gasteiger partial charge < -0.3 is 5.73 Å². The molecule has 23 heavy (non-hydrogen) atoms. The Bertz CT molecular complexity index is 250. The van der Waals surface area contributed by atoms with Crippen LogP contribution in [0, 0.1) is 5.92 Å². The van der Waals surface area contributed by atoms with Crippen LogP contribution in [0.3, 0.4) is 0 Å². The molecule has 1 saturated carbocycles. The summed E-state index contributed by atoms with van der Waals surface area (Å²) < 4.78 is 0. The van der Waals surface area contributed by atoms with Crippen LogP contribution < -0.4 is 5.73 Å². The van der Waals surface area contributed by atoms with Crippen LogP contribution in [-0.2, 0) is 0 Å². The van der Waals surface area contributed by atoms with Gasteiger partial charge in [-0.2, -0.15) is 0 Å². The van der Waals surface area contributed by atoms with E-state index in [1.807, 2.05) is 0 Å². The quantitative estimate of drug-likeness (QED) is 0.289. The van der Waals surface area contributed by atoms with E-state index < -0.39 is 0 Å². The van der Waals surface area contributed by atoms with E-state index >= 15 is 0 Å². The van der Waals surface area contributed by atoms with Gasteiger partial charge in [0.25, 0.3) is 0 Å². The molecule has 0 amide bonds. The van der Waals surface area contributed by atoms with Crippen molar-refractivity contribution in [3.05, 3.63) is 0 Å². The molecule has 0 aromatic heterocycles. The molecule has 1 fully saturated rings. The van der Waals surface area contributed by atoms with Gasteiger partial charge in [0.1, 0.15) is 0 Å². The highest BCUT2D eigenvalue weighted by atomic mass is 35.5. The third-order valence-electron chi connectivity index (χ3n) is 5.68. The van der Waals surface area contributed by atoms with Gasteiger partial charge in [0.05, 0.1) is 0 Å². The Morgan fingerprint density at radius 2 is 1.09 bits per heavy atom. The lowest BCUT2D eigenvalue weighted by atomic mass is 9.87. The van der Waals surface area contributed by atoms with Crippen molar-refractivity contribution < 1.29 is 0 Å². The van der Waals surface area contributed by atoms with Crippen molar-refractivity contribution in [2.75, 3.05) is 0 Å². The first-order chi connectivity index (χ1) is 10.7. The van der Waals surface area contributed by atoms with Crippen molar-refractivity contribution in [1.82, 2.24) is 0 Å². The zero-order valence-electron chi connectivity index (χ0n) is 16.1. The van der Waals surface area contributed by atoms with E-state index in [4.69, 9.17) is 5.73 Å². The van der Waals surface area contributed by atoms with E-state index in [1.54, 1.807) is 0 Å². The van der Waals surface area contributed by atoms with E-state index in [1.165, 1.54) is 109 Å². The van der Waals surface area contributed by atoms with Crippen LogP contribution in [0.1, 0.15) is 123 Å². The molecular weight excluding hydrogens is 302 g/mol. The number of hydrogen-bond donors (Lipinski definition) is 1. The van der Waals surface area contributed by atoms with Crippen LogP contribution in [0.4, 0.5) is 0 Å². The second kappa shape index (κ2) is 14.6. The topological polar surface area (TPSA) is 26.0 Å². The SMILES string of the molecule is CCCCCCCCCCCCCCC(CCC)C1(N)CC1.Cl. The molecule has 1 aliphatic carbocycles. The molecule has 0 bridgehead atoms. The van der Waals surface area contributed by atoms with E-state index in [0.29, 0.717) is 0 Å². The first-order valence-electron chi connectivity index (χ1n) is 10.5. The lowest BCUT2D eigenvalue weighted by Crippen LogP contribution is -2.32. The summed E-state index contributed by atoms with van der Waals surface area (Å²) in [6.45, 7) is 4.60. The second-order valence-corrected chi connectivity index (χ2v) is 7.90. The van der Waals surface area contributed by atoms with Gasteiger partial charge in [0, 0.05) is 5.54 Å². The third kappa shape index (κ3) is 11.4. The van der Waals surface area contributed by atoms with E-state index in [9.17, 15) is 0 Å². The molecular formula is C21H44ClN. The van der Waals surface area contributed by atoms with Crippen LogP contribution in [0.2, 0.25) is 0 Å². The van der Waals surface area contributed by atoms with Gasteiger partial charge in [-0.15, -0.1) is 12.4 Å².